The van der Waals surface area contributed by atoms with Crippen molar-refractivity contribution in [3.63, 3.8) is 0 Å². The van der Waals surface area contributed by atoms with E-state index in [4.69, 9.17) is 0 Å². The lowest BCUT2D eigenvalue weighted by Crippen LogP contribution is -2.22. The molecule has 7 heteroatoms. The van der Waals surface area contributed by atoms with Gasteiger partial charge in [-0.3, -0.25) is 4.79 Å². The largest absolute Gasteiger partial charge is 0.382 e. The molecule has 1 heterocycles. The van der Waals surface area contributed by atoms with Gasteiger partial charge in [-0.25, -0.2) is 13.5 Å². The summed E-state index contributed by atoms with van der Waals surface area (Å²) in [5.74, 6) is -1.72. The van der Waals surface area contributed by atoms with Gasteiger partial charge < -0.3 is 10.6 Å². The number of nitrogens with one attached hydrogen (secondary N) is 2. The van der Waals surface area contributed by atoms with Gasteiger partial charge in [-0.2, -0.15) is 5.10 Å². The fourth-order valence-corrected chi connectivity index (χ4v) is 4.18. The van der Waals surface area contributed by atoms with E-state index in [1.165, 1.54) is 42.9 Å². The molecule has 3 aromatic rings. The Labute approximate surface area is 180 Å². The molecular formula is C24H26F2N4O. The van der Waals surface area contributed by atoms with E-state index in [2.05, 4.69) is 15.7 Å². The molecule has 0 atom stereocenters. The lowest BCUT2D eigenvalue weighted by atomic mass is 9.95. The molecule has 1 aromatic heterocycles. The van der Waals surface area contributed by atoms with Crippen molar-refractivity contribution in [3.05, 3.63) is 71.1 Å². The summed E-state index contributed by atoms with van der Waals surface area (Å²) in [7, 11) is 0. The SMILES string of the molecule is Cc1nn(-c2ccc(F)cc2F)c(C)c1C(=O)Nc1ccc(NC2CCCCC2)cc1. The van der Waals surface area contributed by atoms with Crippen LogP contribution in [0.1, 0.15) is 53.8 Å². The molecule has 1 amide bonds. The summed E-state index contributed by atoms with van der Waals surface area (Å²) in [6.07, 6.45) is 6.22. The van der Waals surface area contributed by atoms with Crippen molar-refractivity contribution in [3.8, 4) is 5.69 Å². The van der Waals surface area contributed by atoms with Gasteiger partial charge in [0.2, 0.25) is 0 Å². The molecule has 0 spiro atoms. The Bertz CT molecular complexity index is 1090. The van der Waals surface area contributed by atoms with Gasteiger partial charge >= 0.3 is 0 Å². The number of aryl methyl sites for hydroxylation is 1. The quantitative estimate of drug-likeness (QED) is 0.547. The highest BCUT2D eigenvalue weighted by Gasteiger charge is 2.21. The maximum Gasteiger partial charge on any atom is 0.259 e. The Morgan fingerprint density at radius 3 is 2.35 bits per heavy atom. The first-order valence-corrected chi connectivity index (χ1v) is 10.6. The molecule has 0 saturated heterocycles. The molecule has 0 bridgehead atoms. The average molecular weight is 424 g/mol. The third-order valence-corrected chi connectivity index (χ3v) is 5.78. The van der Waals surface area contributed by atoms with Crippen molar-refractivity contribution in [2.45, 2.75) is 52.0 Å². The summed E-state index contributed by atoms with van der Waals surface area (Å²) in [4.78, 5) is 12.9. The molecule has 2 aromatic carbocycles. The summed E-state index contributed by atoms with van der Waals surface area (Å²) in [6, 6.07) is 11.4. The van der Waals surface area contributed by atoms with E-state index in [1.807, 2.05) is 24.3 Å². The first-order valence-electron chi connectivity index (χ1n) is 10.6. The minimum absolute atomic E-state index is 0.0965. The second-order valence-electron chi connectivity index (χ2n) is 8.06. The molecule has 5 nitrogen and oxygen atoms in total. The van der Waals surface area contributed by atoms with Crippen LogP contribution in [-0.4, -0.2) is 21.7 Å². The van der Waals surface area contributed by atoms with Crippen LogP contribution >= 0.6 is 0 Å². The number of aromatic nitrogens is 2. The lowest BCUT2D eigenvalue weighted by molar-refractivity contribution is 0.102. The molecule has 1 fully saturated rings. The van der Waals surface area contributed by atoms with Crippen LogP contribution in [0.25, 0.3) is 5.69 Å². The molecule has 1 aliphatic carbocycles. The molecule has 162 valence electrons. The number of halogens is 2. The van der Waals surface area contributed by atoms with Crippen molar-refractivity contribution < 1.29 is 13.6 Å². The van der Waals surface area contributed by atoms with Gasteiger partial charge in [0.1, 0.15) is 11.5 Å². The van der Waals surface area contributed by atoms with E-state index in [0.29, 0.717) is 28.7 Å². The zero-order chi connectivity index (χ0) is 22.0. The van der Waals surface area contributed by atoms with Gasteiger partial charge in [0.25, 0.3) is 5.91 Å². The number of hydrogen-bond acceptors (Lipinski definition) is 3. The molecule has 1 saturated carbocycles. The molecular weight excluding hydrogens is 398 g/mol. The fraction of sp³-hybridized carbons (Fsp3) is 0.333. The van der Waals surface area contributed by atoms with Gasteiger partial charge in [-0.15, -0.1) is 0 Å². The van der Waals surface area contributed by atoms with Gasteiger partial charge in [0.15, 0.2) is 5.82 Å². The molecule has 2 N–H and O–H groups in total. The predicted molar refractivity (Wildman–Crippen MR) is 118 cm³/mol. The second-order valence-corrected chi connectivity index (χ2v) is 8.06. The summed E-state index contributed by atoms with van der Waals surface area (Å²) >= 11 is 0. The number of hydrogen-bond donors (Lipinski definition) is 2. The molecule has 0 aliphatic heterocycles. The van der Waals surface area contributed by atoms with Crippen LogP contribution in [0.2, 0.25) is 0 Å². The third-order valence-electron chi connectivity index (χ3n) is 5.78. The van der Waals surface area contributed by atoms with Crippen LogP contribution in [0.5, 0.6) is 0 Å². The van der Waals surface area contributed by atoms with E-state index in [1.54, 1.807) is 13.8 Å². The van der Waals surface area contributed by atoms with Crippen LogP contribution in [0, 0.1) is 25.5 Å². The lowest BCUT2D eigenvalue weighted by Gasteiger charge is -2.23. The number of rotatable bonds is 5. The molecule has 31 heavy (non-hydrogen) atoms. The zero-order valence-corrected chi connectivity index (χ0v) is 17.7. The van der Waals surface area contributed by atoms with Crippen molar-refractivity contribution >= 4 is 17.3 Å². The van der Waals surface area contributed by atoms with E-state index < -0.39 is 11.6 Å². The maximum atomic E-state index is 14.2. The van der Waals surface area contributed by atoms with Crippen LogP contribution in [0.4, 0.5) is 20.2 Å². The molecule has 1 aliphatic rings. The standard InChI is InChI=1S/C24H26F2N4O/c1-15-23(16(2)30(29-15)22-13-8-17(25)14-21(22)26)24(31)28-20-11-9-19(10-12-20)27-18-6-4-3-5-7-18/h8-14,18,27H,3-7H2,1-2H3,(H,28,31). The zero-order valence-electron chi connectivity index (χ0n) is 17.7. The van der Waals surface area contributed by atoms with Crippen LogP contribution in [-0.2, 0) is 0 Å². The summed E-state index contributed by atoms with van der Waals surface area (Å²) in [5, 5.41) is 10.7. The van der Waals surface area contributed by atoms with Crippen molar-refractivity contribution in [2.75, 3.05) is 10.6 Å². The van der Waals surface area contributed by atoms with Gasteiger partial charge in [-0.1, -0.05) is 19.3 Å². The van der Waals surface area contributed by atoms with E-state index in [9.17, 15) is 13.6 Å². The van der Waals surface area contributed by atoms with E-state index in [-0.39, 0.29) is 11.6 Å². The van der Waals surface area contributed by atoms with Crippen LogP contribution in [0.3, 0.4) is 0 Å². The second kappa shape index (κ2) is 8.88. The number of nitrogens with zero attached hydrogens (tertiary/aromatic N) is 2. The van der Waals surface area contributed by atoms with Crippen molar-refractivity contribution in [1.82, 2.24) is 9.78 Å². The summed E-state index contributed by atoms with van der Waals surface area (Å²) in [6.45, 7) is 3.38. The van der Waals surface area contributed by atoms with E-state index >= 15 is 0 Å². The van der Waals surface area contributed by atoms with Crippen LogP contribution in [0.15, 0.2) is 42.5 Å². The monoisotopic (exact) mass is 424 g/mol. The Hall–Kier alpha value is -3.22. The minimum atomic E-state index is -0.737. The smallest absolute Gasteiger partial charge is 0.259 e. The number of carbonyl (C=O) groups is 1. The fourth-order valence-electron chi connectivity index (χ4n) is 4.18. The molecule has 0 unspecified atom stereocenters. The van der Waals surface area contributed by atoms with Crippen molar-refractivity contribution in [1.29, 1.82) is 0 Å². The first-order chi connectivity index (χ1) is 14.9. The summed E-state index contributed by atoms with van der Waals surface area (Å²) < 4.78 is 28.8. The number of benzene rings is 2. The van der Waals surface area contributed by atoms with Crippen molar-refractivity contribution in [2.24, 2.45) is 0 Å². The first kappa shape index (κ1) is 21.0. The Kier molecular flexibility index (Phi) is 6.02. The molecule has 0 radical (unpaired) electrons. The topological polar surface area (TPSA) is 59.0 Å². The highest BCUT2D eigenvalue weighted by molar-refractivity contribution is 6.06. The van der Waals surface area contributed by atoms with Gasteiger partial charge in [0, 0.05) is 23.5 Å². The third kappa shape index (κ3) is 4.60. The van der Waals surface area contributed by atoms with Gasteiger partial charge in [0.05, 0.1) is 17.0 Å². The summed E-state index contributed by atoms with van der Waals surface area (Å²) in [5.41, 5.74) is 3.12. The van der Waals surface area contributed by atoms with Gasteiger partial charge in [-0.05, 0) is 63.1 Å². The highest BCUT2D eigenvalue weighted by Crippen LogP contribution is 2.24. The predicted octanol–water partition coefficient (Wildman–Crippen LogP) is 5.76. The number of amides is 1. The van der Waals surface area contributed by atoms with Crippen LogP contribution < -0.4 is 10.6 Å². The normalized spacial score (nSPS) is 14.5. The highest BCUT2D eigenvalue weighted by atomic mass is 19.1. The Balaban J connectivity index is 1.49. The minimum Gasteiger partial charge on any atom is -0.382 e. The molecule has 4 rings (SSSR count). The number of carbonyl (C=O) groups excluding carboxylic acids is 1. The average Bonchev–Trinajstić information content (AvgIpc) is 3.04. The van der Waals surface area contributed by atoms with E-state index in [0.717, 1.165) is 17.8 Å². The Morgan fingerprint density at radius 1 is 1.00 bits per heavy atom. The number of anilines is 2. The Morgan fingerprint density at radius 2 is 1.68 bits per heavy atom. The maximum absolute atomic E-state index is 14.2.